The largest absolute Gasteiger partial charge is 0.323 e. The first kappa shape index (κ1) is 19.4. The third-order valence-corrected chi connectivity index (χ3v) is 5.94. The minimum absolute atomic E-state index is 0.0635. The number of amides is 3. The zero-order valence-electron chi connectivity index (χ0n) is 16.7. The SMILES string of the molecule is Cc1cccc(NC(=O)N2CC[C@]3(C2)CN(c2cccc(F)c2)C(=O)CN3C)c1. The first-order valence-electron chi connectivity index (χ1n) is 9.76. The molecule has 4 rings (SSSR count). The van der Waals surface area contributed by atoms with Gasteiger partial charge in [-0.1, -0.05) is 18.2 Å². The number of likely N-dealkylation sites (N-methyl/N-ethyl adjacent to an activating group) is 1. The quantitative estimate of drug-likeness (QED) is 0.849. The van der Waals surface area contributed by atoms with E-state index in [1.54, 1.807) is 21.9 Å². The lowest BCUT2D eigenvalue weighted by atomic mass is 9.92. The standard InChI is InChI=1S/C22H25FN4O2/c1-16-5-3-7-18(11-16)24-21(29)26-10-9-22(14-26)15-27(20(28)13-25(22)2)19-8-4-6-17(23)12-19/h3-8,11-12H,9-10,13-15H2,1-2H3,(H,24,29)/t22-/m0/s1. The molecule has 0 unspecified atom stereocenters. The van der Waals surface area contributed by atoms with Crippen molar-refractivity contribution in [2.75, 3.05) is 43.4 Å². The van der Waals surface area contributed by atoms with Crippen LogP contribution in [-0.4, -0.2) is 60.5 Å². The van der Waals surface area contributed by atoms with Crippen molar-refractivity contribution in [1.29, 1.82) is 0 Å². The van der Waals surface area contributed by atoms with Crippen LogP contribution < -0.4 is 10.2 Å². The molecule has 2 aromatic carbocycles. The highest BCUT2D eigenvalue weighted by molar-refractivity contribution is 5.96. The summed E-state index contributed by atoms with van der Waals surface area (Å²) in [5, 5.41) is 2.96. The van der Waals surface area contributed by atoms with Crippen LogP contribution >= 0.6 is 0 Å². The number of aryl methyl sites for hydroxylation is 1. The van der Waals surface area contributed by atoms with Gasteiger partial charge < -0.3 is 15.1 Å². The lowest BCUT2D eigenvalue weighted by Crippen LogP contribution is -2.64. The van der Waals surface area contributed by atoms with Gasteiger partial charge in [-0.2, -0.15) is 0 Å². The van der Waals surface area contributed by atoms with Gasteiger partial charge in [0, 0.05) is 31.0 Å². The molecule has 0 saturated carbocycles. The van der Waals surface area contributed by atoms with E-state index in [-0.39, 0.29) is 29.8 Å². The number of anilines is 2. The van der Waals surface area contributed by atoms with E-state index in [0.29, 0.717) is 25.3 Å². The maximum atomic E-state index is 13.7. The van der Waals surface area contributed by atoms with Gasteiger partial charge in [-0.3, -0.25) is 9.69 Å². The molecule has 1 spiro atoms. The number of hydrogen-bond acceptors (Lipinski definition) is 3. The molecule has 2 aliphatic rings. The fraction of sp³-hybridized carbons (Fsp3) is 0.364. The molecule has 1 atom stereocenters. The number of carbonyl (C=O) groups is 2. The normalized spacial score (nSPS) is 22.4. The van der Waals surface area contributed by atoms with Crippen molar-refractivity contribution in [3.63, 3.8) is 0 Å². The fourth-order valence-corrected chi connectivity index (χ4v) is 4.23. The predicted molar refractivity (Wildman–Crippen MR) is 111 cm³/mol. The molecule has 2 fully saturated rings. The van der Waals surface area contributed by atoms with Crippen molar-refractivity contribution in [3.05, 3.63) is 59.9 Å². The second kappa shape index (κ2) is 7.48. The topological polar surface area (TPSA) is 55.9 Å². The lowest BCUT2D eigenvalue weighted by Gasteiger charge is -2.46. The van der Waals surface area contributed by atoms with Crippen LogP contribution in [0.4, 0.5) is 20.6 Å². The first-order valence-corrected chi connectivity index (χ1v) is 9.76. The molecular formula is C22H25FN4O2. The Balaban J connectivity index is 1.50. The molecule has 0 aliphatic carbocycles. The van der Waals surface area contributed by atoms with Gasteiger partial charge in [-0.05, 0) is 56.3 Å². The number of piperazine rings is 1. The molecule has 2 aromatic rings. The van der Waals surface area contributed by atoms with Crippen LogP contribution in [0.25, 0.3) is 0 Å². The van der Waals surface area contributed by atoms with Crippen LogP contribution in [0.2, 0.25) is 0 Å². The molecular weight excluding hydrogens is 371 g/mol. The number of hydrogen-bond donors (Lipinski definition) is 1. The summed E-state index contributed by atoms with van der Waals surface area (Å²) in [5.41, 5.74) is 2.07. The van der Waals surface area contributed by atoms with Crippen molar-refractivity contribution in [1.82, 2.24) is 9.80 Å². The van der Waals surface area contributed by atoms with Gasteiger partial charge in [0.25, 0.3) is 0 Å². The zero-order chi connectivity index (χ0) is 20.6. The highest BCUT2D eigenvalue weighted by Crippen LogP contribution is 2.33. The number of rotatable bonds is 2. The average molecular weight is 396 g/mol. The summed E-state index contributed by atoms with van der Waals surface area (Å²) in [6.45, 7) is 3.77. The van der Waals surface area contributed by atoms with Crippen LogP contribution in [0.15, 0.2) is 48.5 Å². The Morgan fingerprint density at radius 2 is 1.93 bits per heavy atom. The number of nitrogens with one attached hydrogen (secondary N) is 1. The van der Waals surface area contributed by atoms with E-state index in [1.807, 2.05) is 43.1 Å². The van der Waals surface area contributed by atoms with E-state index in [2.05, 4.69) is 5.32 Å². The van der Waals surface area contributed by atoms with E-state index in [0.717, 1.165) is 17.7 Å². The van der Waals surface area contributed by atoms with Gasteiger partial charge in [-0.25, -0.2) is 9.18 Å². The Morgan fingerprint density at radius 1 is 1.14 bits per heavy atom. The van der Waals surface area contributed by atoms with Crippen LogP contribution in [0.3, 0.4) is 0 Å². The van der Waals surface area contributed by atoms with Gasteiger partial charge in [0.05, 0.1) is 12.1 Å². The number of nitrogens with zero attached hydrogens (tertiary/aromatic N) is 3. The van der Waals surface area contributed by atoms with Gasteiger partial charge >= 0.3 is 6.03 Å². The van der Waals surface area contributed by atoms with Crippen molar-refractivity contribution in [2.24, 2.45) is 0 Å². The molecule has 29 heavy (non-hydrogen) atoms. The minimum Gasteiger partial charge on any atom is -0.323 e. The smallest absolute Gasteiger partial charge is 0.321 e. The number of urea groups is 1. The maximum absolute atomic E-state index is 13.7. The average Bonchev–Trinajstić information content (AvgIpc) is 3.10. The molecule has 2 saturated heterocycles. The van der Waals surface area contributed by atoms with Crippen molar-refractivity contribution >= 4 is 23.3 Å². The van der Waals surface area contributed by atoms with Crippen LogP contribution in [0.1, 0.15) is 12.0 Å². The maximum Gasteiger partial charge on any atom is 0.321 e. The molecule has 0 aromatic heterocycles. The summed E-state index contributed by atoms with van der Waals surface area (Å²) in [6, 6.07) is 13.7. The Labute approximate surface area is 169 Å². The molecule has 7 heteroatoms. The minimum atomic E-state index is -0.367. The van der Waals surface area contributed by atoms with E-state index in [1.165, 1.54) is 12.1 Å². The van der Waals surface area contributed by atoms with Gasteiger partial charge in [0.1, 0.15) is 5.82 Å². The number of benzene rings is 2. The van der Waals surface area contributed by atoms with Gasteiger partial charge in [-0.15, -0.1) is 0 Å². The summed E-state index contributed by atoms with van der Waals surface area (Å²) >= 11 is 0. The predicted octanol–water partition coefficient (Wildman–Crippen LogP) is 3.09. The van der Waals surface area contributed by atoms with Gasteiger partial charge in [0.15, 0.2) is 0 Å². The molecule has 3 amide bonds. The Kier molecular flexibility index (Phi) is 5.00. The molecule has 2 heterocycles. The molecule has 6 nitrogen and oxygen atoms in total. The van der Waals surface area contributed by atoms with Gasteiger partial charge in [0.2, 0.25) is 5.91 Å². The molecule has 2 aliphatic heterocycles. The number of carbonyl (C=O) groups excluding carboxylic acids is 2. The number of likely N-dealkylation sites (tertiary alicyclic amines) is 1. The second-order valence-electron chi connectivity index (χ2n) is 8.01. The molecule has 0 bridgehead atoms. The third kappa shape index (κ3) is 3.82. The second-order valence-corrected chi connectivity index (χ2v) is 8.01. The van der Waals surface area contributed by atoms with E-state index in [9.17, 15) is 14.0 Å². The Morgan fingerprint density at radius 3 is 2.69 bits per heavy atom. The van der Waals surface area contributed by atoms with E-state index in [4.69, 9.17) is 0 Å². The summed E-state index contributed by atoms with van der Waals surface area (Å²) in [7, 11) is 1.92. The monoisotopic (exact) mass is 396 g/mol. The highest BCUT2D eigenvalue weighted by atomic mass is 19.1. The summed E-state index contributed by atoms with van der Waals surface area (Å²) < 4.78 is 13.7. The first-order chi connectivity index (χ1) is 13.9. The van der Waals surface area contributed by atoms with Crippen molar-refractivity contribution in [2.45, 2.75) is 18.9 Å². The zero-order valence-corrected chi connectivity index (χ0v) is 16.7. The van der Waals surface area contributed by atoms with Crippen molar-refractivity contribution < 1.29 is 14.0 Å². The fourth-order valence-electron chi connectivity index (χ4n) is 4.23. The highest BCUT2D eigenvalue weighted by Gasteiger charge is 2.48. The van der Waals surface area contributed by atoms with E-state index < -0.39 is 0 Å². The van der Waals surface area contributed by atoms with E-state index >= 15 is 0 Å². The Bertz CT molecular complexity index is 950. The molecule has 152 valence electrons. The molecule has 0 radical (unpaired) electrons. The van der Waals surface area contributed by atoms with Crippen LogP contribution in [-0.2, 0) is 4.79 Å². The molecule has 1 N–H and O–H groups in total. The summed E-state index contributed by atoms with van der Waals surface area (Å²) in [5.74, 6) is -0.430. The summed E-state index contributed by atoms with van der Waals surface area (Å²) in [4.78, 5) is 30.9. The summed E-state index contributed by atoms with van der Waals surface area (Å²) in [6.07, 6.45) is 0.754. The Hall–Kier alpha value is -2.93. The third-order valence-electron chi connectivity index (χ3n) is 5.94. The lowest BCUT2D eigenvalue weighted by molar-refractivity contribution is -0.123. The van der Waals surface area contributed by atoms with Crippen LogP contribution in [0, 0.1) is 12.7 Å². The number of halogens is 1. The van der Waals surface area contributed by atoms with Crippen LogP contribution in [0.5, 0.6) is 0 Å². The van der Waals surface area contributed by atoms with Crippen molar-refractivity contribution in [3.8, 4) is 0 Å².